The minimum absolute atomic E-state index is 0.275. The zero-order valence-electron chi connectivity index (χ0n) is 14.5. The fraction of sp³-hybridized carbons (Fsp3) is 0.250. The van der Waals surface area contributed by atoms with E-state index < -0.39 is 11.4 Å². The number of hydrogen-bond donors (Lipinski definition) is 2. The lowest BCUT2D eigenvalue weighted by molar-refractivity contribution is -0.134. The van der Waals surface area contributed by atoms with Crippen LogP contribution in [-0.2, 0) is 20.9 Å². The fourth-order valence-corrected chi connectivity index (χ4v) is 2.72. The van der Waals surface area contributed by atoms with Crippen LogP contribution in [0.4, 0.5) is 5.69 Å². The summed E-state index contributed by atoms with van der Waals surface area (Å²) in [5, 5.41) is 5.57. The lowest BCUT2D eigenvalue weighted by Gasteiger charge is -2.16. The van der Waals surface area contributed by atoms with Crippen molar-refractivity contribution in [2.45, 2.75) is 19.4 Å². The number of nitrogens with one attached hydrogen (secondary N) is 2. The monoisotopic (exact) mass is 352 g/mol. The van der Waals surface area contributed by atoms with Gasteiger partial charge >= 0.3 is 5.97 Å². The Kier molecular flexibility index (Phi) is 5.02. The number of carbonyl (C=O) groups excluding carboxylic acids is 3. The molecule has 1 aliphatic carbocycles. The first kappa shape index (κ1) is 17.7. The maximum atomic E-state index is 12.6. The van der Waals surface area contributed by atoms with E-state index in [4.69, 9.17) is 0 Å². The Balaban J connectivity index is 1.63. The molecule has 0 radical (unpaired) electrons. The van der Waals surface area contributed by atoms with Gasteiger partial charge in [0.05, 0.1) is 12.7 Å². The molecular formula is C20H20N2O4. The molecular weight excluding hydrogens is 332 g/mol. The molecule has 0 aliphatic heterocycles. The standard InChI is InChI=1S/C20H20N2O4/c1-26-17(23)15-8-5-9-16(12-15)22-19(25)20(10-11-20)18(24)21-13-14-6-3-2-4-7-14/h2-9,12H,10-11,13H2,1H3,(H,21,24)(H,22,25). The number of esters is 1. The summed E-state index contributed by atoms with van der Waals surface area (Å²) < 4.78 is 4.67. The fourth-order valence-electron chi connectivity index (χ4n) is 2.72. The van der Waals surface area contributed by atoms with E-state index in [0.717, 1.165) is 5.56 Å². The number of benzene rings is 2. The zero-order chi connectivity index (χ0) is 18.6. The molecule has 0 aromatic heterocycles. The van der Waals surface area contributed by atoms with Crippen LogP contribution in [0.15, 0.2) is 54.6 Å². The smallest absolute Gasteiger partial charge is 0.337 e. The van der Waals surface area contributed by atoms with Crippen LogP contribution in [0.5, 0.6) is 0 Å². The minimum Gasteiger partial charge on any atom is -0.465 e. The molecule has 0 saturated heterocycles. The molecule has 1 aliphatic rings. The van der Waals surface area contributed by atoms with Crippen LogP contribution in [0.1, 0.15) is 28.8 Å². The molecule has 134 valence electrons. The van der Waals surface area contributed by atoms with Crippen LogP contribution in [-0.4, -0.2) is 24.9 Å². The topological polar surface area (TPSA) is 84.5 Å². The molecule has 2 amide bonds. The van der Waals surface area contributed by atoms with Gasteiger partial charge in [-0.05, 0) is 36.6 Å². The molecule has 2 N–H and O–H groups in total. The normalized spacial score (nSPS) is 14.2. The van der Waals surface area contributed by atoms with E-state index in [1.165, 1.54) is 13.2 Å². The second kappa shape index (κ2) is 7.39. The van der Waals surface area contributed by atoms with Crippen LogP contribution in [0, 0.1) is 5.41 Å². The molecule has 1 fully saturated rings. The maximum absolute atomic E-state index is 12.6. The summed E-state index contributed by atoms with van der Waals surface area (Å²) in [5.41, 5.74) is 0.738. The molecule has 2 aromatic carbocycles. The molecule has 6 heteroatoms. The highest BCUT2D eigenvalue weighted by Crippen LogP contribution is 2.46. The number of carbonyl (C=O) groups is 3. The quantitative estimate of drug-likeness (QED) is 0.618. The van der Waals surface area contributed by atoms with Crippen molar-refractivity contribution in [1.82, 2.24) is 5.32 Å². The van der Waals surface area contributed by atoms with Crippen LogP contribution in [0.2, 0.25) is 0 Å². The second-order valence-corrected chi connectivity index (χ2v) is 6.28. The van der Waals surface area contributed by atoms with E-state index >= 15 is 0 Å². The Bertz CT molecular complexity index is 829. The van der Waals surface area contributed by atoms with E-state index in [0.29, 0.717) is 30.6 Å². The summed E-state index contributed by atoms with van der Waals surface area (Å²) in [4.78, 5) is 36.7. The number of rotatable bonds is 6. The number of amides is 2. The van der Waals surface area contributed by atoms with Crippen LogP contribution in [0.25, 0.3) is 0 Å². The van der Waals surface area contributed by atoms with Gasteiger partial charge in [0.15, 0.2) is 0 Å². The molecule has 0 heterocycles. The van der Waals surface area contributed by atoms with E-state index in [1.807, 2.05) is 30.3 Å². The molecule has 26 heavy (non-hydrogen) atoms. The van der Waals surface area contributed by atoms with Crippen LogP contribution < -0.4 is 10.6 Å². The molecule has 0 spiro atoms. The molecule has 2 aromatic rings. The predicted octanol–water partition coefficient (Wildman–Crippen LogP) is 2.51. The first-order valence-electron chi connectivity index (χ1n) is 8.37. The van der Waals surface area contributed by atoms with E-state index in [9.17, 15) is 14.4 Å². The van der Waals surface area contributed by atoms with Gasteiger partial charge in [0.25, 0.3) is 0 Å². The average molecular weight is 352 g/mol. The van der Waals surface area contributed by atoms with E-state index in [2.05, 4.69) is 15.4 Å². The lowest BCUT2D eigenvalue weighted by Crippen LogP contribution is -2.39. The van der Waals surface area contributed by atoms with Crippen molar-refractivity contribution < 1.29 is 19.1 Å². The third kappa shape index (κ3) is 3.74. The third-order valence-electron chi connectivity index (χ3n) is 4.46. The van der Waals surface area contributed by atoms with Crippen LogP contribution >= 0.6 is 0 Å². The molecule has 1 saturated carbocycles. The van der Waals surface area contributed by atoms with E-state index in [-0.39, 0.29) is 11.8 Å². The molecule has 0 unspecified atom stereocenters. The number of ether oxygens (including phenoxy) is 1. The van der Waals surface area contributed by atoms with Gasteiger partial charge in [0, 0.05) is 12.2 Å². The van der Waals surface area contributed by atoms with Crippen molar-refractivity contribution in [3.05, 3.63) is 65.7 Å². The number of anilines is 1. The van der Waals surface area contributed by atoms with E-state index in [1.54, 1.807) is 18.2 Å². The largest absolute Gasteiger partial charge is 0.465 e. The highest BCUT2D eigenvalue weighted by Gasteiger charge is 2.56. The van der Waals surface area contributed by atoms with Crippen molar-refractivity contribution in [3.8, 4) is 0 Å². The van der Waals surface area contributed by atoms with Gasteiger partial charge in [-0.1, -0.05) is 36.4 Å². The van der Waals surface area contributed by atoms with Gasteiger partial charge in [-0.2, -0.15) is 0 Å². The summed E-state index contributed by atoms with van der Waals surface area (Å²) in [7, 11) is 1.30. The SMILES string of the molecule is COC(=O)c1cccc(NC(=O)C2(C(=O)NCc3ccccc3)CC2)c1. The Labute approximate surface area is 151 Å². The van der Waals surface area contributed by atoms with Gasteiger partial charge in [-0.3, -0.25) is 9.59 Å². The zero-order valence-corrected chi connectivity index (χ0v) is 14.5. The molecule has 0 bridgehead atoms. The number of methoxy groups -OCH3 is 1. The summed E-state index contributed by atoms with van der Waals surface area (Å²) in [6.45, 7) is 0.381. The maximum Gasteiger partial charge on any atom is 0.337 e. The first-order chi connectivity index (χ1) is 12.5. The van der Waals surface area contributed by atoms with Crippen molar-refractivity contribution >= 4 is 23.5 Å². The minimum atomic E-state index is -1.03. The average Bonchev–Trinajstić information content (AvgIpc) is 3.48. The predicted molar refractivity (Wildman–Crippen MR) is 96.4 cm³/mol. The Hall–Kier alpha value is -3.15. The van der Waals surface area contributed by atoms with Crippen molar-refractivity contribution in [1.29, 1.82) is 0 Å². The van der Waals surface area contributed by atoms with Gasteiger partial charge < -0.3 is 15.4 Å². The summed E-state index contributed by atoms with van der Waals surface area (Å²) in [6.07, 6.45) is 1.02. The lowest BCUT2D eigenvalue weighted by atomic mass is 10.0. The Morgan fingerprint density at radius 3 is 2.38 bits per heavy atom. The highest BCUT2D eigenvalue weighted by molar-refractivity contribution is 6.13. The third-order valence-corrected chi connectivity index (χ3v) is 4.46. The molecule has 3 rings (SSSR count). The molecule has 0 atom stereocenters. The second-order valence-electron chi connectivity index (χ2n) is 6.28. The van der Waals surface area contributed by atoms with Crippen molar-refractivity contribution in [2.24, 2.45) is 5.41 Å². The van der Waals surface area contributed by atoms with Gasteiger partial charge in [0.1, 0.15) is 5.41 Å². The van der Waals surface area contributed by atoms with Crippen molar-refractivity contribution in [2.75, 3.05) is 12.4 Å². The summed E-state index contributed by atoms with van der Waals surface area (Å²) in [5.74, 6) is -1.11. The van der Waals surface area contributed by atoms with Gasteiger partial charge in [0.2, 0.25) is 11.8 Å². The molecule has 6 nitrogen and oxygen atoms in total. The van der Waals surface area contributed by atoms with Crippen LogP contribution in [0.3, 0.4) is 0 Å². The number of hydrogen-bond acceptors (Lipinski definition) is 4. The Morgan fingerprint density at radius 1 is 1.00 bits per heavy atom. The first-order valence-corrected chi connectivity index (χ1v) is 8.37. The van der Waals surface area contributed by atoms with Crippen molar-refractivity contribution in [3.63, 3.8) is 0 Å². The summed E-state index contributed by atoms with van der Waals surface area (Å²) >= 11 is 0. The summed E-state index contributed by atoms with van der Waals surface area (Å²) in [6, 6.07) is 16.0. The van der Waals surface area contributed by atoms with Gasteiger partial charge in [-0.15, -0.1) is 0 Å². The highest BCUT2D eigenvalue weighted by atomic mass is 16.5. The van der Waals surface area contributed by atoms with Gasteiger partial charge in [-0.25, -0.2) is 4.79 Å². The Morgan fingerprint density at radius 2 is 1.73 bits per heavy atom.